The van der Waals surface area contributed by atoms with Crippen LogP contribution in [0.5, 0.6) is 5.75 Å². The molecule has 2 saturated heterocycles. The van der Waals surface area contributed by atoms with E-state index < -0.39 is 0 Å². The molecule has 2 aliphatic heterocycles. The lowest BCUT2D eigenvalue weighted by atomic mass is 9.83. The number of benzene rings is 3. The number of ether oxygens (including phenoxy) is 2. The first kappa shape index (κ1) is 23.3. The zero-order valence-corrected chi connectivity index (χ0v) is 20.7. The number of nitrogens with zero attached hydrogens (tertiary/aromatic N) is 2. The number of amides is 1. The van der Waals surface area contributed by atoms with Crippen molar-refractivity contribution < 1.29 is 19.1 Å². The lowest BCUT2D eigenvalue weighted by Crippen LogP contribution is -2.48. The van der Waals surface area contributed by atoms with E-state index in [1.807, 2.05) is 29.2 Å². The number of carbonyl (C=O) groups is 2. The molecule has 0 spiro atoms. The first-order chi connectivity index (χ1) is 18.1. The summed E-state index contributed by atoms with van der Waals surface area (Å²) in [5.74, 6) is 0.306. The van der Waals surface area contributed by atoms with Crippen molar-refractivity contribution in [3.8, 4) is 22.9 Å². The van der Waals surface area contributed by atoms with Crippen molar-refractivity contribution in [1.82, 2.24) is 4.90 Å². The Morgan fingerprint density at radius 1 is 0.946 bits per heavy atom. The number of hydrogen-bond acceptors (Lipinski definition) is 5. The molecule has 6 heteroatoms. The van der Waals surface area contributed by atoms with E-state index in [2.05, 4.69) is 30.3 Å². The summed E-state index contributed by atoms with van der Waals surface area (Å²) >= 11 is 0. The van der Waals surface area contributed by atoms with Crippen LogP contribution in [0.15, 0.2) is 66.7 Å². The molecule has 0 N–H and O–H groups in total. The summed E-state index contributed by atoms with van der Waals surface area (Å²) in [6, 6.07) is 23.7. The van der Waals surface area contributed by atoms with E-state index in [-0.39, 0.29) is 35.8 Å². The molecule has 3 aliphatic rings. The molecule has 3 aromatic rings. The van der Waals surface area contributed by atoms with Gasteiger partial charge >= 0.3 is 6.09 Å². The van der Waals surface area contributed by atoms with Gasteiger partial charge in [0.1, 0.15) is 12.4 Å². The molecule has 186 valence electrons. The Hall–Kier alpha value is -4.11. The largest absolute Gasteiger partial charge is 0.497 e. The third-order valence-electron chi connectivity index (χ3n) is 8.26. The van der Waals surface area contributed by atoms with Crippen LogP contribution in [-0.2, 0) is 4.74 Å². The van der Waals surface area contributed by atoms with Gasteiger partial charge in [-0.15, -0.1) is 0 Å². The topological polar surface area (TPSA) is 79.6 Å². The molecule has 6 rings (SSSR count). The second-order valence-corrected chi connectivity index (χ2v) is 10.2. The molecule has 2 heterocycles. The highest BCUT2D eigenvalue weighted by atomic mass is 16.6. The fraction of sp³-hybridized carbons (Fsp3) is 0.323. The van der Waals surface area contributed by atoms with Crippen molar-refractivity contribution >= 4 is 11.9 Å². The van der Waals surface area contributed by atoms with E-state index in [9.17, 15) is 14.9 Å². The van der Waals surface area contributed by atoms with Crippen LogP contribution in [0.25, 0.3) is 11.1 Å². The normalized spacial score (nSPS) is 21.6. The van der Waals surface area contributed by atoms with Crippen molar-refractivity contribution in [2.24, 2.45) is 5.92 Å². The highest BCUT2D eigenvalue weighted by Gasteiger charge is 2.46. The second-order valence-electron chi connectivity index (χ2n) is 10.2. The Labute approximate surface area is 216 Å². The molecule has 0 saturated carbocycles. The molecule has 2 fully saturated rings. The van der Waals surface area contributed by atoms with Crippen molar-refractivity contribution in [1.29, 1.82) is 5.26 Å². The van der Waals surface area contributed by atoms with Gasteiger partial charge in [-0.05, 0) is 66.1 Å². The Balaban J connectivity index is 1.16. The summed E-state index contributed by atoms with van der Waals surface area (Å²) in [7, 11) is 1.54. The van der Waals surface area contributed by atoms with Gasteiger partial charge in [0, 0.05) is 29.5 Å². The molecule has 0 aromatic heterocycles. The number of ketones is 1. The third-order valence-corrected chi connectivity index (χ3v) is 8.26. The lowest BCUT2D eigenvalue weighted by Gasteiger charge is -2.38. The van der Waals surface area contributed by atoms with E-state index in [0.29, 0.717) is 36.3 Å². The van der Waals surface area contributed by atoms with Crippen LogP contribution in [0.2, 0.25) is 0 Å². The average Bonchev–Trinajstić information content (AvgIpc) is 3.41. The quantitative estimate of drug-likeness (QED) is 0.412. The molecule has 2 atom stereocenters. The van der Waals surface area contributed by atoms with Crippen LogP contribution >= 0.6 is 0 Å². The van der Waals surface area contributed by atoms with Crippen molar-refractivity contribution in [2.45, 2.75) is 43.7 Å². The van der Waals surface area contributed by atoms with E-state index in [1.165, 1.54) is 22.3 Å². The maximum absolute atomic E-state index is 13.4. The minimum absolute atomic E-state index is 0.0191. The first-order valence-corrected chi connectivity index (χ1v) is 12.8. The minimum Gasteiger partial charge on any atom is -0.497 e. The van der Waals surface area contributed by atoms with Crippen LogP contribution in [0.3, 0.4) is 0 Å². The molecular formula is C31H28N2O4. The zero-order chi connectivity index (χ0) is 25.5. The number of Topliss-reactive ketones (excluding diaryl/α,β-unsaturated/α-hetero) is 1. The van der Waals surface area contributed by atoms with Crippen molar-refractivity contribution in [3.05, 3.63) is 89.0 Å². The van der Waals surface area contributed by atoms with E-state index in [1.54, 1.807) is 25.3 Å². The molecule has 1 amide bonds. The Morgan fingerprint density at radius 3 is 2.16 bits per heavy atom. The molecule has 37 heavy (non-hydrogen) atoms. The fourth-order valence-electron chi connectivity index (χ4n) is 6.53. The fourth-order valence-corrected chi connectivity index (χ4v) is 6.53. The Kier molecular flexibility index (Phi) is 5.92. The Bertz CT molecular complexity index is 1370. The van der Waals surface area contributed by atoms with Crippen LogP contribution in [0, 0.1) is 17.2 Å². The standard InChI is InChI=1S/C31H28N2O4/c1-36-23-13-10-19(17-32)28(16-23)30(34)20-14-21-11-12-22(15-20)33(21)31(35)37-18-29-26-8-4-2-6-24(26)25-7-3-5-9-27(25)29/h2-10,13,16,20-22,29H,11-12,14-15,18H2,1H3. The van der Waals surface area contributed by atoms with Crippen molar-refractivity contribution in [2.75, 3.05) is 13.7 Å². The smallest absolute Gasteiger partial charge is 0.410 e. The predicted molar refractivity (Wildman–Crippen MR) is 138 cm³/mol. The number of nitriles is 1. The number of piperidine rings is 1. The third kappa shape index (κ3) is 3.95. The highest BCUT2D eigenvalue weighted by molar-refractivity contribution is 6.00. The Morgan fingerprint density at radius 2 is 1.57 bits per heavy atom. The summed E-state index contributed by atoms with van der Waals surface area (Å²) in [4.78, 5) is 28.6. The van der Waals surface area contributed by atoms with E-state index in [0.717, 1.165) is 12.8 Å². The lowest BCUT2D eigenvalue weighted by molar-refractivity contribution is 0.0506. The number of fused-ring (bicyclic) bond motifs is 5. The van der Waals surface area contributed by atoms with E-state index in [4.69, 9.17) is 9.47 Å². The summed E-state index contributed by atoms with van der Waals surface area (Å²) < 4.78 is 11.2. The number of methoxy groups -OCH3 is 1. The summed E-state index contributed by atoms with van der Waals surface area (Å²) in [5.41, 5.74) is 5.55. The van der Waals surface area contributed by atoms with Crippen LogP contribution in [-0.4, -0.2) is 42.6 Å². The monoisotopic (exact) mass is 492 g/mol. The molecule has 6 nitrogen and oxygen atoms in total. The first-order valence-electron chi connectivity index (χ1n) is 12.8. The van der Waals surface area contributed by atoms with Gasteiger partial charge in [0.2, 0.25) is 0 Å². The van der Waals surface area contributed by atoms with Gasteiger partial charge in [0.05, 0.1) is 18.7 Å². The molecule has 3 aromatic carbocycles. The number of rotatable bonds is 5. The zero-order valence-electron chi connectivity index (χ0n) is 20.7. The van der Waals surface area contributed by atoms with Gasteiger partial charge in [0.25, 0.3) is 0 Å². The van der Waals surface area contributed by atoms with Crippen LogP contribution in [0.1, 0.15) is 58.6 Å². The molecule has 2 bridgehead atoms. The maximum atomic E-state index is 13.4. The van der Waals surface area contributed by atoms with Gasteiger partial charge < -0.3 is 14.4 Å². The van der Waals surface area contributed by atoms with Gasteiger partial charge in [-0.3, -0.25) is 4.79 Å². The minimum atomic E-state index is -0.292. The average molecular weight is 493 g/mol. The molecular weight excluding hydrogens is 464 g/mol. The molecule has 2 unspecified atom stereocenters. The van der Waals surface area contributed by atoms with E-state index >= 15 is 0 Å². The second kappa shape index (κ2) is 9.40. The number of hydrogen-bond donors (Lipinski definition) is 0. The maximum Gasteiger partial charge on any atom is 0.410 e. The summed E-state index contributed by atoms with van der Waals surface area (Å²) in [6.45, 7) is 0.292. The SMILES string of the molecule is COc1ccc(C#N)c(C(=O)C2CC3CCC(C2)N3C(=O)OCC2c3ccccc3-c3ccccc32)c1. The number of carbonyl (C=O) groups excluding carboxylic acids is 2. The summed E-state index contributed by atoms with van der Waals surface area (Å²) in [6.07, 6.45) is 2.60. The van der Waals surface area contributed by atoms with Crippen molar-refractivity contribution in [3.63, 3.8) is 0 Å². The van der Waals surface area contributed by atoms with Gasteiger partial charge in [0.15, 0.2) is 5.78 Å². The molecule has 1 aliphatic carbocycles. The van der Waals surface area contributed by atoms with Gasteiger partial charge in [-0.2, -0.15) is 5.26 Å². The highest BCUT2D eigenvalue weighted by Crippen LogP contribution is 2.45. The van der Waals surface area contributed by atoms with Crippen LogP contribution in [0.4, 0.5) is 4.79 Å². The van der Waals surface area contributed by atoms with Gasteiger partial charge in [-0.25, -0.2) is 4.79 Å². The predicted octanol–water partition coefficient (Wildman–Crippen LogP) is 5.94. The summed E-state index contributed by atoms with van der Waals surface area (Å²) in [5, 5.41) is 9.52. The van der Waals surface area contributed by atoms with Gasteiger partial charge in [-0.1, -0.05) is 48.5 Å². The van der Waals surface area contributed by atoms with Crippen LogP contribution < -0.4 is 4.74 Å². The molecule has 0 radical (unpaired) electrons.